The summed E-state index contributed by atoms with van der Waals surface area (Å²) in [6, 6.07) is 11.9. The SMILES string of the molecule is COc1ccccc1N1CCN(c2ccc(C(=O)NO)cc2[N+](=O)[O-])CC1. The van der Waals surface area contributed by atoms with Gasteiger partial charge in [-0.15, -0.1) is 0 Å². The Kier molecular flexibility index (Phi) is 5.41. The quantitative estimate of drug-likeness (QED) is 0.470. The van der Waals surface area contributed by atoms with Gasteiger partial charge in [0.25, 0.3) is 11.6 Å². The molecule has 0 radical (unpaired) electrons. The van der Waals surface area contributed by atoms with Gasteiger partial charge >= 0.3 is 0 Å². The van der Waals surface area contributed by atoms with Crippen LogP contribution in [0.15, 0.2) is 42.5 Å². The normalized spacial score (nSPS) is 14.0. The van der Waals surface area contributed by atoms with Crippen molar-refractivity contribution in [2.24, 2.45) is 0 Å². The van der Waals surface area contributed by atoms with Crippen molar-refractivity contribution in [3.05, 3.63) is 58.1 Å². The number of nitrogens with one attached hydrogen (secondary N) is 1. The van der Waals surface area contributed by atoms with E-state index in [2.05, 4.69) is 4.90 Å². The van der Waals surface area contributed by atoms with Gasteiger partial charge < -0.3 is 14.5 Å². The van der Waals surface area contributed by atoms with E-state index in [9.17, 15) is 14.9 Å². The first-order chi connectivity index (χ1) is 13.0. The Bertz CT molecular complexity index is 849. The molecule has 9 nitrogen and oxygen atoms in total. The Hall–Kier alpha value is -3.33. The fourth-order valence-electron chi connectivity index (χ4n) is 3.22. The zero-order valence-electron chi connectivity index (χ0n) is 14.8. The summed E-state index contributed by atoms with van der Waals surface area (Å²) in [5.41, 5.74) is 2.79. The smallest absolute Gasteiger partial charge is 0.293 e. The lowest BCUT2D eigenvalue weighted by atomic mass is 10.1. The molecule has 1 amide bonds. The Morgan fingerprint density at radius 2 is 1.74 bits per heavy atom. The van der Waals surface area contributed by atoms with Crippen molar-refractivity contribution in [2.45, 2.75) is 0 Å². The number of rotatable bonds is 5. The van der Waals surface area contributed by atoms with Gasteiger partial charge in [-0.2, -0.15) is 0 Å². The first-order valence-electron chi connectivity index (χ1n) is 8.41. The average Bonchev–Trinajstić information content (AvgIpc) is 2.72. The number of hydrogen-bond donors (Lipinski definition) is 2. The molecule has 1 saturated heterocycles. The summed E-state index contributed by atoms with van der Waals surface area (Å²) in [5.74, 6) is 0.00180. The lowest BCUT2D eigenvalue weighted by Crippen LogP contribution is -2.46. The maximum Gasteiger partial charge on any atom is 0.293 e. The number of hydroxylamine groups is 1. The highest BCUT2D eigenvalue weighted by Gasteiger charge is 2.26. The van der Waals surface area contributed by atoms with E-state index in [0.29, 0.717) is 31.9 Å². The predicted octanol–water partition coefficient (Wildman–Crippen LogP) is 2.05. The zero-order chi connectivity index (χ0) is 19.4. The summed E-state index contributed by atoms with van der Waals surface area (Å²) in [6.45, 7) is 2.53. The molecule has 0 atom stereocenters. The van der Waals surface area contributed by atoms with Gasteiger partial charge in [0.1, 0.15) is 11.4 Å². The van der Waals surface area contributed by atoms with Crippen LogP contribution in [0.4, 0.5) is 17.1 Å². The summed E-state index contributed by atoms with van der Waals surface area (Å²) in [7, 11) is 1.63. The number of nitro benzene ring substituents is 1. The van der Waals surface area contributed by atoms with E-state index in [1.54, 1.807) is 13.2 Å². The van der Waals surface area contributed by atoms with Gasteiger partial charge in [0, 0.05) is 37.8 Å². The number of carbonyl (C=O) groups excluding carboxylic acids is 1. The maximum absolute atomic E-state index is 11.5. The minimum absolute atomic E-state index is 0.0283. The van der Waals surface area contributed by atoms with E-state index in [0.717, 1.165) is 11.4 Å². The molecule has 9 heteroatoms. The summed E-state index contributed by atoms with van der Waals surface area (Å²) >= 11 is 0. The van der Waals surface area contributed by atoms with Crippen LogP contribution in [0.5, 0.6) is 5.75 Å². The number of para-hydroxylation sites is 2. The van der Waals surface area contributed by atoms with Gasteiger partial charge in [-0.25, -0.2) is 5.48 Å². The van der Waals surface area contributed by atoms with E-state index in [4.69, 9.17) is 9.94 Å². The Morgan fingerprint density at radius 1 is 1.11 bits per heavy atom. The van der Waals surface area contributed by atoms with Gasteiger partial charge in [0.2, 0.25) is 0 Å². The fraction of sp³-hybridized carbons (Fsp3) is 0.278. The highest BCUT2D eigenvalue weighted by Crippen LogP contribution is 2.32. The first-order valence-corrected chi connectivity index (χ1v) is 8.41. The van der Waals surface area contributed by atoms with Gasteiger partial charge in [0.05, 0.1) is 17.7 Å². The summed E-state index contributed by atoms with van der Waals surface area (Å²) < 4.78 is 5.40. The van der Waals surface area contributed by atoms with Crippen molar-refractivity contribution in [3.8, 4) is 5.75 Å². The fourth-order valence-corrected chi connectivity index (χ4v) is 3.22. The second-order valence-corrected chi connectivity index (χ2v) is 6.05. The maximum atomic E-state index is 11.5. The predicted molar refractivity (Wildman–Crippen MR) is 99.8 cm³/mol. The lowest BCUT2D eigenvalue weighted by molar-refractivity contribution is -0.384. The van der Waals surface area contributed by atoms with Crippen LogP contribution in [0.3, 0.4) is 0 Å². The molecule has 1 heterocycles. The molecule has 0 aromatic heterocycles. The van der Waals surface area contributed by atoms with Gasteiger partial charge in [-0.1, -0.05) is 12.1 Å². The second kappa shape index (κ2) is 7.92. The topological polar surface area (TPSA) is 108 Å². The molecule has 0 saturated carbocycles. The van der Waals surface area contributed by atoms with Crippen molar-refractivity contribution in [1.29, 1.82) is 0 Å². The molecular formula is C18H20N4O5. The molecular weight excluding hydrogens is 352 g/mol. The number of anilines is 2. The largest absolute Gasteiger partial charge is 0.495 e. The van der Waals surface area contributed by atoms with Crippen molar-refractivity contribution in [3.63, 3.8) is 0 Å². The number of methoxy groups -OCH3 is 1. The van der Waals surface area contributed by atoms with Crippen LogP contribution in [0, 0.1) is 10.1 Å². The number of nitrogens with zero attached hydrogens (tertiary/aromatic N) is 3. The van der Waals surface area contributed by atoms with E-state index in [-0.39, 0.29) is 11.3 Å². The van der Waals surface area contributed by atoms with Gasteiger partial charge in [-0.3, -0.25) is 20.1 Å². The number of hydrogen-bond acceptors (Lipinski definition) is 7. The standard InChI is InChI=1S/C18H20N4O5/c1-27-17-5-3-2-4-15(17)21-10-8-20(9-11-21)14-7-6-13(18(23)19-24)12-16(14)22(25)26/h2-7,12,24H,8-11H2,1H3,(H,19,23). The number of amides is 1. The zero-order valence-corrected chi connectivity index (χ0v) is 14.8. The van der Waals surface area contributed by atoms with Crippen molar-refractivity contribution in [1.82, 2.24) is 5.48 Å². The summed E-state index contributed by atoms with van der Waals surface area (Å²) in [6.07, 6.45) is 0. The molecule has 1 fully saturated rings. The molecule has 0 unspecified atom stereocenters. The number of benzene rings is 2. The van der Waals surface area contributed by atoms with Crippen LogP contribution >= 0.6 is 0 Å². The molecule has 0 spiro atoms. The van der Waals surface area contributed by atoms with Crippen LogP contribution in [0.1, 0.15) is 10.4 Å². The van der Waals surface area contributed by atoms with Gasteiger partial charge in [-0.05, 0) is 24.3 Å². The third-order valence-corrected chi connectivity index (χ3v) is 4.58. The number of piperazine rings is 1. The van der Waals surface area contributed by atoms with Crippen LogP contribution in [0.25, 0.3) is 0 Å². The summed E-state index contributed by atoms with van der Waals surface area (Å²) in [4.78, 5) is 26.6. The Balaban J connectivity index is 1.79. The van der Waals surface area contributed by atoms with Gasteiger partial charge in [0.15, 0.2) is 0 Å². The minimum atomic E-state index is -0.786. The molecule has 2 N–H and O–H groups in total. The third-order valence-electron chi connectivity index (χ3n) is 4.58. The molecule has 3 rings (SSSR count). The first kappa shape index (κ1) is 18.5. The van der Waals surface area contributed by atoms with E-state index in [1.807, 2.05) is 29.2 Å². The molecule has 2 aromatic carbocycles. The number of nitro groups is 1. The molecule has 2 aromatic rings. The third kappa shape index (κ3) is 3.77. The minimum Gasteiger partial charge on any atom is -0.495 e. The van der Waals surface area contributed by atoms with Crippen LogP contribution in [-0.2, 0) is 0 Å². The number of carbonyl (C=O) groups is 1. The van der Waals surface area contributed by atoms with Crippen molar-refractivity contribution < 1.29 is 19.7 Å². The van der Waals surface area contributed by atoms with Crippen molar-refractivity contribution in [2.75, 3.05) is 43.1 Å². The highest BCUT2D eigenvalue weighted by atomic mass is 16.6. The number of ether oxygens (including phenoxy) is 1. The van der Waals surface area contributed by atoms with E-state index in [1.165, 1.54) is 17.6 Å². The van der Waals surface area contributed by atoms with Crippen LogP contribution in [0.2, 0.25) is 0 Å². The molecule has 27 heavy (non-hydrogen) atoms. The van der Waals surface area contributed by atoms with E-state index >= 15 is 0 Å². The van der Waals surface area contributed by atoms with Crippen LogP contribution < -0.4 is 20.0 Å². The second-order valence-electron chi connectivity index (χ2n) is 6.05. The molecule has 0 bridgehead atoms. The highest BCUT2D eigenvalue weighted by molar-refractivity contribution is 5.95. The molecule has 1 aliphatic heterocycles. The summed E-state index contributed by atoms with van der Waals surface area (Å²) in [5, 5.41) is 20.2. The van der Waals surface area contributed by atoms with Crippen LogP contribution in [-0.4, -0.2) is 49.3 Å². The van der Waals surface area contributed by atoms with E-state index < -0.39 is 10.8 Å². The molecule has 1 aliphatic rings. The molecule has 0 aliphatic carbocycles. The lowest BCUT2D eigenvalue weighted by Gasteiger charge is -2.37. The molecule has 142 valence electrons. The monoisotopic (exact) mass is 372 g/mol. The Labute approximate surface area is 155 Å². The van der Waals surface area contributed by atoms with Crippen molar-refractivity contribution >= 4 is 23.0 Å². The average molecular weight is 372 g/mol. The Morgan fingerprint density at radius 3 is 2.33 bits per heavy atom.